The highest BCUT2D eigenvalue weighted by Gasteiger charge is 2.26. The van der Waals surface area contributed by atoms with Crippen LogP contribution in [0, 0.1) is 12.8 Å². The van der Waals surface area contributed by atoms with E-state index in [4.69, 9.17) is 0 Å². The largest absolute Gasteiger partial charge is 0.315 e. The molecule has 0 aromatic carbocycles. The molecule has 0 bridgehead atoms. The molecule has 0 aliphatic rings. The second-order valence-corrected chi connectivity index (χ2v) is 5.71. The first-order valence-electron chi connectivity index (χ1n) is 6.28. The van der Waals surface area contributed by atoms with Crippen LogP contribution in [-0.4, -0.2) is 14.8 Å². The molecule has 1 aromatic rings. The van der Waals surface area contributed by atoms with Crippen LogP contribution in [0.1, 0.15) is 59.1 Å². The third-order valence-corrected chi connectivity index (χ3v) is 2.96. The van der Waals surface area contributed by atoms with E-state index in [1.165, 1.54) is 6.42 Å². The minimum Gasteiger partial charge on any atom is -0.315 e. The zero-order valence-electron chi connectivity index (χ0n) is 11.5. The van der Waals surface area contributed by atoms with Gasteiger partial charge in [-0.25, -0.2) is 0 Å². The van der Waals surface area contributed by atoms with Gasteiger partial charge in [0.25, 0.3) is 0 Å². The third kappa shape index (κ3) is 2.83. The van der Waals surface area contributed by atoms with Crippen LogP contribution in [0.3, 0.4) is 0 Å². The monoisotopic (exact) mass is 223 g/mol. The Morgan fingerprint density at radius 2 is 1.88 bits per heavy atom. The zero-order chi connectivity index (χ0) is 12.3. The minimum absolute atomic E-state index is 0.130. The standard InChI is InChI=1S/C13H25N3/c1-7-8-13(5,6)12-15-14-11(4)16(12)9-10(2)3/h10H,7-9H2,1-6H3. The molecule has 0 N–H and O–H groups in total. The Balaban J connectivity index is 3.04. The summed E-state index contributed by atoms with van der Waals surface area (Å²) < 4.78 is 2.28. The maximum absolute atomic E-state index is 4.37. The van der Waals surface area contributed by atoms with Crippen molar-refractivity contribution >= 4 is 0 Å². The highest BCUT2D eigenvalue weighted by Crippen LogP contribution is 2.27. The quantitative estimate of drug-likeness (QED) is 0.766. The zero-order valence-corrected chi connectivity index (χ0v) is 11.5. The minimum atomic E-state index is 0.130. The number of aryl methyl sites for hydroxylation is 1. The van der Waals surface area contributed by atoms with Crippen molar-refractivity contribution in [1.82, 2.24) is 14.8 Å². The summed E-state index contributed by atoms with van der Waals surface area (Å²) >= 11 is 0. The predicted molar refractivity (Wildman–Crippen MR) is 67.5 cm³/mol. The number of aromatic nitrogens is 3. The normalized spacial score (nSPS) is 12.4. The van der Waals surface area contributed by atoms with E-state index in [1.807, 2.05) is 6.92 Å². The summed E-state index contributed by atoms with van der Waals surface area (Å²) in [6, 6.07) is 0. The fourth-order valence-corrected chi connectivity index (χ4v) is 2.20. The molecule has 1 heterocycles. The van der Waals surface area contributed by atoms with E-state index < -0.39 is 0 Å². The Labute approximate surface area is 99.3 Å². The van der Waals surface area contributed by atoms with Gasteiger partial charge in [0.05, 0.1) is 0 Å². The van der Waals surface area contributed by atoms with E-state index in [-0.39, 0.29) is 5.41 Å². The second kappa shape index (κ2) is 4.98. The molecular formula is C13H25N3. The van der Waals surface area contributed by atoms with Gasteiger partial charge >= 0.3 is 0 Å². The van der Waals surface area contributed by atoms with Gasteiger partial charge in [-0.3, -0.25) is 0 Å². The molecule has 0 saturated carbocycles. The fraction of sp³-hybridized carbons (Fsp3) is 0.846. The number of hydrogen-bond acceptors (Lipinski definition) is 2. The molecule has 92 valence electrons. The van der Waals surface area contributed by atoms with Crippen LogP contribution in [0.2, 0.25) is 0 Å². The first-order valence-corrected chi connectivity index (χ1v) is 6.28. The molecule has 0 aliphatic carbocycles. The summed E-state index contributed by atoms with van der Waals surface area (Å²) in [7, 11) is 0. The number of hydrogen-bond donors (Lipinski definition) is 0. The van der Waals surface area contributed by atoms with Gasteiger partial charge in [-0.1, -0.05) is 41.0 Å². The molecule has 0 unspecified atom stereocenters. The molecule has 0 radical (unpaired) electrons. The molecule has 0 amide bonds. The summed E-state index contributed by atoms with van der Waals surface area (Å²) in [5.74, 6) is 2.80. The number of nitrogens with zero attached hydrogens (tertiary/aromatic N) is 3. The fourth-order valence-electron chi connectivity index (χ4n) is 2.20. The van der Waals surface area contributed by atoms with Gasteiger partial charge in [0.15, 0.2) is 0 Å². The van der Waals surface area contributed by atoms with E-state index in [9.17, 15) is 0 Å². The number of rotatable bonds is 5. The highest BCUT2D eigenvalue weighted by molar-refractivity contribution is 5.07. The Bertz CT molecular complexity index is 337. The molecule has 16 heavy (non-hydrogen) atoms. The molecule has 0 spiro atoms. The van der Waals surface area contributed by atoms with Crippen LogP contribution in [0.4, 0.5) is 0 Å². The maximum atomic E-state index is 4.37. The van der Waals surface area contributed by atoms with Crippen LogP contribution >= 0.6 is 0 Å². The van der Waals surface area contributed by atoms with Crippen molar-refractivity contribution in [1.29, 1.82) is 0 Å². The summed E-state index contributed by atoms with van der Waals surface area (Å²) in [4.78, 5) is 0. The van der Waals surface area contributed by atoms with Gasteiger partial charge in [-0.05, 0) is 19.3 Å². The van der Waals surface area contributed by atoms with E-state index in [2.05, 4.69) is 49.4 Å². The molecular weight excluding hydrogens is 198 g/mol. The molecule has 1 rings (SSSR count). The van der Waals surface area contributed by atoms with Crippen molar-refractivity contribution in [3.05, 3.63) is 11.6 Å². The van der Waals surface area contributed by atoms with Gasteiger partial charge in [0.1, 0.15) is 11.6 Å². The van der Waals surface area contributed by atoms with Crippen LogP contribution in [0.5, 0.6) is 0 Å². The molecule has 3 heteroatoms. The molecule has 1 aromatic heterocycles. The van der Waals surface area contributed by atoms with Crippen molar-refractivity contribution in [2.45, 2.75) is 66.3 Å². The summed E-state index contributed by atoms with van der Waals surface area (Å²) in [5, 5.41) is 8.60. The smallest absolute Gasteiger partial charge is 0.138 e. The van der Waals surface area contributed by atoms with Crippen LogP contribution < -0.4 is 0 Å². The van der Waals surface area contributed by atoms with Gasteiger partial charge in [-0.15, -0.1) is 10.2 Å². The first kappa shape index (κ1) is 13.2. The Kier molecular flexibility index (Phi) is 4.11. The predicted octanol–water partition coefficient (Wildman–Crippen LogP) is 3.32. The lowest BCUT2D eigenvalue weighted by molar-refractivity contribution is 0.398. The Morgan fingerprint density at radius 1 is 1.25 bits per heavy atom. The average molecular weight is 223 g/mol. The average Bonchev–Trinajstić information content (AvgIpc) is 2.47. The molecule has 0 saturated heterocycles. The lowest BCUT2D eigenvalue weighted by Gasteiger charge is -2.24. The highest BCUT2D eigenvalue weighted by atomic mass is 15.3. The van der Waals surface area contributed by atoms with E-state index in [0.717, 1.165) is 24.6 Å². The van der Waals surface area contributed by atoms with E-state index in [1.54, 1.807) is 0 Å². The molecule has 0 atom stereocenters. The van der Waals surface area contributed by atoms with Crippen molar-refractivity contribution in [2.75, 3.05) is 0 Å². The SMILES string of the molecule is CCCC(C)(C)c1nnc(C)n1CC(C)C. The van der Waals surface area contributed by atoms with Gasteiger partial charge in [0, 0.05) is 12.0 Å². The van der Waals surface area contributed by atoms with Crippen LogP contribution in [0.25, 0.3) is 0 Å². The van der Waals surface area contributed by atoms with Crippen LogP contribution in [-0.2, 0) is 12.0 Å². The topological polar surface area (TPSA) is 30.7 Å². The second-order valence-electron chi connectivity index (χ2n) is 5.71. The van der Waals surface area contributed by atoms with Gasteiger partial charge in [-0.2, -0.15) is 0 Å². The third-order valence-electron chi connectivity index (χ3n) is 2.96. The summed E-state index contributed by atoms with van der Waals surface area (Å²) in [6.07, 6.45) is 2.34. The van der Waals surface area contributed by atoms with E-state index in [0.29, 0.717) is 5.92 Å². The Morgan fingerprint density at radius 3 is 2.38 bits per heavy atom. The maximum Gasteiger partial charge on any atom is 0.138 e. The molecule has 0 aliphatic heterocycles. The van der Waals surface area contributed by atoms with Crippen molar-refractivity contribution in [3.63, 3.8) is 0 Å². The van der Waals surface area contributed by atoms with Crippen molar-refractivity contribution in [2.24, 2.45) is 5.92 Å². The van der Waals surface area contributed by atoms with Crippen molar-refractivity contribution < 1.29 is 0 Å². The lowest BCUT2D eigenvalue weighted by atomic mass is 9.87. The van der Waals surface area contributed by atoms with E-state index >= 15 is 0 Å². The van der Waals surface area contributed by atoms with Crippen LogP contribution in [0.15, 0.2) is 0 Å². The Hall–Kier alpha value is -0.860. The van der Waals surface area contributed by atoms with Gasteiger partial charge in [0.2, 0.25) is 0 Å². The summed E-state index contributed by atoms with van der Waals surface area (Å²) in [5.41, 5.74) is 0.130. The lowest BCUT2D eigenvalue weighted by Crippen LogP contribution is -2.24. The molecule has 3 nitrogen and oxygen atoms in total. The van der Waals surface area contributed by atoms with Gasteiger partial charge < -0.3 is 4.57 Å². The summed E-state index contributed by atoms with van der Waals surface area (Å²) in [6.45, 7) is 14.3. The first-order chi connectivity index (χ1) is 7.38. The van der Waals surface area contributed by atoms with Crippen molar-refractivity contribution in [3.8, 4) is 0 Å². The molecule has 0 fully saturated rings.